The highest BCUT2D eigenvalue weighted by atomic mass is 32.1. The van der Waals surface area contributed by atoms with Crippen LogP contribution < -0.4 is 0 Å². The molecular weight excluding hydrogens is 512 g/mol. The van der Waals surface area contributed by atoms with E-state index in [2.05, 4.69) is 94.3 Å². The predicted molar refractivity (Wildman–Crippen MR) is 163 cm³/mol. The van der Waals surface area contributed by atoms with Crippen LogP contribution in [0.1, 0.15) is 83.5 Å². The molecule has 2 aromatic carbocycles. The van der Waals surface area contributed by atoms with E-state index in [4.69, 9.17) is 4.98 Å². The Kier molecular flexibility index (Phi) is 7.01. The number of aryl methyl sites for hydroxylation is 2. The van der Waals surface area contributed by atoms with Crippen LogP contribution in [0, 0.1) is 13.8 Å². The molecule has 3 aliphatic heterocycles. The predicted octanol–water partition coefficient (Wildman–Crippen LogP) is 7.36. The van der Waals surface area contributed by atoms with Gasteiger partial charge in [0.05, 0.1) is 15.9 Å². The largest absolute Gasteiger partial charge is 0.335 e. The van der Waals surface area contributed by atoms with Crippen molar-refractivity contribution in [2.75, 3.05) is 13.1 Å². The summed E-state index contributed by atoms with van der Waals surface area (Å²) in [4.78, 5) is 24.6. The quantitative estimate of drug-likeness (QED) is 0.251. The second-order valence-electron chi connectivity index (χ2n) is 12.3. The Morgan fingerprint density at radius 1 is 0.900 bits per heavy atom. The van der Waals surface area contributed by atoms with Gasteiger partial charge in [0.1, 0.15) is 5.82 Å². The maximum absolute atomic E-state index is 13.8. The number of aromatic nitrogens is 2. The minimum atomic E-state index is 0.244. The number of carbonyl (C=O) groups excluding carboxylic acids is 1. The number of para-hydroxylation sites is 2. The zero-order valence-corrected chi connectivity index (χ0v) is 24.5. The second-order valence-corrected chi connectivity index (χ2v) is 13.2. The van der Waals surface area contributed by atoms with E-state index in [-0.39, 0.29) is 11.9 Å². The summed E-state index contributed by atoms with van der Waals surface area (Å²) < 4.78 is 2.52. The van der Waals surface area contributed by atoms with Crippen molar-refractivity contribution < 1.29 is 4.79 Å². The molecule has 5 nitrogen and oxygen atoms in total. The molecule has 0 radical (unpaired) electrons. The highest BCUT2D eigenvalue weighted by molar-refractivity contribution is 7.12. The maximum Gasteiger partial charge on any atom is 0.264 e. The summed E-state index contributed by atoms with van der Waals surface area (Å²) in [6.07, 6.45) is 8.16. The van der Waals surface area contributed by atoms with Crippen molar-refractivity contribution >= 4 is 28.3 Å². The van der Waals surface area contributed by atoms with Crippen LogP contribution in [0.25, 0.3) is 11.0 Å². The molecule has 4 aromatic rings. The molecule has 3 saturated heterocycles. The second kappa shape index (κ2) is 10.8. The van der Waals surface area contributed by atoms with Crippen LogP contribution >= 0.6 is 11.3 Å². The smallest absolute Gasteiger partial charge is 0.264 e. The molecule has 2 aromatic heterocycles. The third-order valence-corrected chi connectivity index (χ3v) is 11.0. The maximum atomic E-state index is 13.8. The summed E-state index contributed by atoms with van der Waals surface area (Å²) in [5.74, 6) is 1.92. The number of carbonyl (C=O) groups is 1. The molecule has 40 heavy (non-hydrogen) atoms. The first kappa shape index (κ1) is 26.0. The molecular formula is C34H40N4OS. The number of hydrogen-bond donors (Lipinski definition) is 0. The van der Waals surface area contributed by atoms with Crippen LogP contribution in [0.3, 0.4) is 0 Å². The summed E-state index contributed by atoms with van der Waals surface area (Å²) in [6.45, 7) is 6.18. The van der Waals surface area contributed by atoms with Gasteiger partial charge in [-0.05, 0) is 99.4 Å². The zero-order chi connectivity index (χ0) is 27.2. The van der Waals surface area contributed by atoms with Crippen molar-refractivity contribution in [3.05, 3.63) is 87.9 Å². The molecule has 0 saturated carbocycles. The van der Waals surface area contributed by atoms with Gasteiger partial charge in [-0.15, -0.1) is 11.3 Å². The summed E-state index contributed by atoms with van der Waals surface area (Å²) in [5, 5.41) is 2.06. The van der Waals surface area contributed by atoms with Gasteiger partial charge in [0.25, 0.3) is 5.91 Å². The molecule has 3 aliphatic rings. The fourth-order valence-corrected chi connectivity index (χ4v) is 8.97. The molecule has 7 rings (SSSR count). The minimum absolute atomic E-state index is 0.244. The van der Waals surface area contributed by atoms with Crippen LogP contribution in [0.5, 0.6) is 0 Å². The van der Waals surface area contributed by atoms with Crippen molar-refractivity contribution in [1.82, 2.24) is 19.4 Å². The number of fused-ring (bicyclic) bond motifs is 3. The fraction of sp³-hybridized carbons (Fsp3) is 0.471. The minimum Gasteiger partial charge on any atom is -0.335 e. The Morgan fingerprint density at radius 2 is 1.65 bits per heavy atom. The average Bonchev–Trinajstić information content (AvgIpc) is 3.63. The van der Waals surface area contributed by atoms with Crippen molar-refractivity contribution in [3.63, 3.8) is 0 Å². The first-order chi connectivity index (χ1) is 19.6. The first-order valence-electron chi connectivity index (χ1n) is 15.2. The van der Waals surface area contributed by atoms with Crippen molar-refractivity contribution in [1.29, 1.82) is 0 Å². The number of imidazole rings is 1. The Bertz CT molecular complexity index is 1480. The number of benzene rings is 2. The molecule has 5 atom stereocenters. The average molecular weight is 553 g/mol. The van der Waals surface area contributed by atoms with Crippen LogP contribution in [0.4, 0.5) is 0 Å². The standard InChI is InChI=1S/C34H40N4OS/c1-23-16-19-40-33(23)34(39)37-17-14-26(25-8-4-3-5-9-25)20-29(37)15-18-36-27-12-13-28(36)22-30(21-27)38-24(2)35-31-10-6-7-11-32(31)38/h3-11,16,19,26-30H,12-15,17-18,20-22H2,1-2H3/t26?,27-,28+,29?,30?. The van der Waals surface area contributed by atoms with E-state index < -0.39 is 0 Å². The van der Waals surface area contributed by atoms with Gasteiger partial charge in [-0.2, -0.15) is 0 Å². The molecule has 2 bridgehead atoms. The first-order valence-corrected chi connectivity index (χ1v) is 16.0. The van der Waals surface area contributed by atoms with Crippen molar-refractivity contribution in [2.45, 2.75) is 88.9 Å². The van der Waals surface area contributed by atoms with E-state index in [0.29, 0.717) is 24.0 Å². The summed E-state index contributed by atoms with van der Waals surface area (Å²) in [5.41, 5.74) is 4.94. The number of amides is 1. The zero-order valence-electron chi connectivity index (χ0n) is 23.7. The number of piperidine rings is 2. The van der Waals surface area contributed by atoms with Gasteiger partial charge in [-0.25, -0.2) is 4.98 Å². The van der Waals surface area contributed by atoms with Crippen LogP contribution in [-0.4, -0.2) is 56.5 Å². The lowest BCUT2D eigenvalue weighted by atomic mass is 9.83. The third-order valence-electron chi connectivity index (χ3n) is 10.0. The monoisotopic (exact) mass is 552 g/mol. The Labute approximate surface area is 241 Å². The van der Waals surface area contributed by atoms with E-state index in [1.165, 1.54) is 36.8 Å². The molecule has 0 N–H and O–H groups in total. The van der Waals surface area contributed by atoms with Gasteiger partial charge in [-0.1, -0.05) is 42.5 Å². The number of thiophene rings is 1. The lowest BCUT2D eigenvalue weighted by Gasteiger charge is -2.43. The molecule has 0 aliphatic carbocycles. The van der Waals surface area contributed by atoms with E-state index in [1.807, 2.05) is 0 Å². The van der Waals surface area contributed by atoms with Crippen molar-refractivity contribution in [3.8, 4) is 0 Å². The van der Waals surface area contributed by atoms with E-state index >= 15 is 0 Å². The van der Waals surface area contributed by atoms with Gasteiger partial charge in [-0.3, -0.25) is 9.69 Å². The third kappa shape index (κ3) is 4.69. The lowest BCUT2D eigenvalue weighted by Crippen LogP contribution is -2.49. The Hall–Kier alpha value is -2.96. The van der Waals surface area contributed by atoms with E-state index in [0.717, 1.165) is 54.1 Å². The van der Waals surface area contributed by atoms with Gasteiger partial charge in [0.15, 0.2) is 0 Å². The highest BCUT2D eigenvalue weighted by Gasteiger charge is 2.42. The SMILES string of the molecule is Cc1ccsc1C(=O)N1CCC(c2ccccc2)CC1CCN1[C@@H]2CC[C@H]1CC(n1c(C)nc3ccccc31)C2. The van der Waals surface area contributed by atoms with Gasteiger partial charge in [0, 0.05) is 37.3 Å². The van der Waals surface area contributed by atoms with Crippen LogP contribution in [0.2, 0.25) is 0 Å². The number of rotatable bonds is 6. The molecule has 3 unspecified atom stereocenters. The number of nitrogens with zero attached hydrogens (tertiary/aromatic N) is 4. The molecule has 3 fully saturated rings. The fourth-order valence-electron chi connectivity index (χ4n) is 8.09. The molecule has 0 spiro atoms. The van der Waals surface area contributed by atoms with Gasteiger partial charge in [0.2, 0.25) is 0 Å². The van der Waals surface area contributed by atoms with Crippen LogP contribution in [0.15, 0.2) is 66.0 Å². The molecule has 6 heteroatoms. The summed E-state index contributed by atoms with van der Waals surface area (Å²) >= 11 is 1.60. The Balaban J connectivity index is 1.08. The lowest BCUT2D eigenvalue weighted by molar-refractivity contribution is 0.0508. The molecule has 5 heterocycles. The number of likely N-dealkylation sites (tertiary alicyclic amines) is 1. The number of hydrogen-bond acceptors (Lipinski definition) is 4. The van der Waals surface area contributed by atoms with E-state index in [9.17, 15) is 4.79 Å². The van der Waals surface area contributed by atoms with E-state index in [1.54, 1.807) is 11.3 Å². The topological polar surface area (TPSA) is 41.4 Å². The van der Waals surface area contributed by atoms with Gasteiger partial charge >= 0.3 is 0 Å². The van der Waals surface area contributed by atoms with Crippen molar-refractivity contribution in [2.24, 2.45) is 0 Å². The summed E-state index contributed by atoms with van der Waals surface area (Å²) in [6, 6.07) is 23.7. The van der Waals surface area contributed by atoms with Crippen LogP contribution in [-0.2, 0) is 0 Å². The normalized spacial score (nSPS) is 26.9. The molecule has 208 valence electrons. The van der Waals surface area contributed by atoms with Gasteiger partial charge < -0.3 is 9.47 Å². The highest BCUT2D eigenvalue weighted by Crippen LogP contribution is 2.43. The molecule has 1 amide bonds. The summed E-state index contributed by atoms with van der Waals surface area (Å²) in [7, 11) is 0. The Morgan fingerprint density at radius 3 is 2.40 bits per heavy atom.